The molecule has 0 amide bonds. The molecule has 0 spiro atoms. The van der Waals surface area contributed by atoms with E-state index in [9.17, 15) is 13.2 Å². The van der Waals surface area contributed by atoms with Crippen molar-refractivity contribution in [2.24, 2.45) is 7.05 Å². The zero-order valence-corrected chi connectivity index (χ0v) is 8.49. The molecule has 5 heteroatoms. The molecule has 0 fully saturated rings. The van der Waals surface area contributed by atoms with Crippen molar-refractivity contribution >= 4 is 0 Å². The highest BCUT2D eigenvalue weighted by Crippen LogP contribution is 2.35. The van der Waals surface area contributed by atoms with Crippen molar-refractivity contribution in [1.82, 2.24) is 9.55 Å². The van der Waals surface area contributed by atoms with Gasteiger partial charge in [-0.1, -0.05) is 18.2 Å². The Bertz CT molecular complexity index is 500. The smallest absolute Gasteiger partial charge is 0.334 e. The summed E-state index contributed by atoms with van der Waals surface area (Å²) in [5.41, 5.74) is -0.563. The van der Waals surface area contributed by atoms with Crippen LogP contribution in [-0.4, -0.2) is 9.55 Å². The highest BCUT2D eigenvalue weighted by atomic mass is 19.4. The van der Waals surface area contributed by atoms with Crippen LogP contribution in [0.25, 0.3) is 11.4 Å². The van der Waals surface area contributed by atoms with Crippen LogP contribution in [0.5, 0.6) is 0 Å². The van der Waals surface area contributed by atoms with Gasteiger partial charge >= 0.3 is 6.18 Å². The molecule has 0 atom stereocenters. The Kier molecular flexibility index (Phi) is 2.46. The number of imidazole rings is 1. The Morgan fingerprint density at radius 3 is 2.44 bits per heavy atom. The lowest BCUT2D eigenvalue weighted by Crippen LogP contribution is -2.08. The molecule has 0 unspecified atom stereocenters. The Morgan fingerprint density at radius 2 is 1.88 bits per heavy atom. The van der Waals surface area contributed by atoms with Crippen LogP contribution in [0.1, 0.15) is 5.56 Å². The predicted octanol–water partition coefficient (Wildman–Crippen LogP) is 3.11. The lowest BCUT2D eigenvalue weighted by Gasteiger charge is -2.12. The number of benzene rings is 1. The van der Waals surface area contributed by atoms with E-state index in [1.807, 2.05) is 0 Å². The fourth-order valence-corrected chi connectivity index (χ4v) is 1.55. The quantitative estimate of drug-likeness (QED) is 0.730. The first-order chi connectivity index (χ1) is 7.50. The first-order valence-electron chi connectivity index (χ1n) is 4.64. The van der Waals surface area contributed by atoms with Crippen molar-refractivity contribution in [3.05, 3.63) is 42.2 Å². The zero-order chi connectivity index (χ0) is 11.8. The number of rotatable bonds is 1. The van der Waals surface area contributed by atoms with Gasteiger partial charge < -0.3 is 4.57 Å². The van der Waals surface area contributed by atoms with Gasteiger partial charge in [-0.25, -0.2) is 4.98 Å². The van der Waals surface area contributed by atoms with Crippen molar-refractivity contribution in [3.63, 3.8) is 0 Å². The average Bonchev–Trinajstić information content (AvgIpc) is 2.63. The number of halogens is 3. The van der Waals surface area contributed by atoms with E-state index in [0.29, 0.717) is 5.82 Å². The molecular weight excluding hydrogens is 217 g/mol. The van der Waals surface area contributed by atoms with Crippen LogP contribution in [0.2, 0.25) is 0 Å². The largest absolute Gasteiger partial charge is 0.417 e. The predicted molar refractivity (Wildman–Crippen MR) is 53.6 cm³/mol. The fourth-order valence-electron chi connectivity index (χ4n) is 1.55. The van der Waals surface area contributed by atoms with E-state index in [1.165, 1.54) is 18.3 Å². The molecule has 0 aliphatic heterocycles. The molecule has 0 N–H and O–H groups in total. The number of hydrogen-bond donors (Lipinski definition) is 0. The van der Waals surface area contributed by atoms with Crippen molar-refractivity contribution < 1.29 is 13.2 Å². The lowest BCUT2D eigenvalue weighted by atomic mass is 10.1. The molecule has 0 aliphatic rings. The second kappa shape index (κ2) is 3.66. The SMILES string of the molecule is Cn1ccnc1-c1ccccc1C(F)(F)F. The highest BCUT2D eigenvalue weighted by molar-refractivity contribution is 5.61. The third-order valence-corrected chi connectivity index (χ3v) is 2.29. The van der Waals surface area contributed by atoms with Gasteiger partial charge in [-0.15, -0.1) is 0 Å². The van der Waals surface area contributed by atoms with Crippen molar-refractivity contribution in [1.29, 1.82) is 0 Å². The molecule has 2 aromatic rings. The third kappa shape index (κ3) is 1.80. The minimum atomic E-state index is -4.36. The minimum Gasteiger partial charge on any atom is -0.334 e. The van der Waals surface area contributed by atoms with Gasteiger partial charge in [0.15, 0.2) is 0 Å². The number of nitrogens with zero attached hydrogens (tertiary/aromatic N) is 2. The normalized spacial score (nSPS) is 11.8. The fraction of sp³-hybridized carbons (Fsp3) is 0.182. The molecule has 2 rings (SSSR count). The van der Waals surface area contributed by atoms with Gasteiger partial charge in [-0.2, -0.15) is 13.2 Å². The van der Waals surface area contributed by atoms with Gasteiger partial charge in [0.1, 0.15) is 5.82 Å². The third-order valence-electron chi connectivity index (χ3n) is 2.29. The van der Waals surface area contributed by atoms with E-state index in [-0.39, 0.29) is 5.56 Å². The maximum Gasteiger partial charge on any atom is 0.417 e. The first-order valence-corrected chi connectivity index (χ1v) is 4.64. The summed E-state index contributed by atoms with van der Waals surface area (Å²) in [6.07, 6.45) is -1.27. The summed E-state index contributed by atoms with van der Waals surface area (Å²) in [4.78, 5) is 3.92. The van der Waals surface area contributed by atoms with E-state index in [2.05, 4.69) is 4.98 Å². The van der Waals surface area contributed by atoms with E-state index in [0.717, 1.165) is 6.07 Å². The van der Waals surface area contributed by atoms with Crippen molar-refractivity contribution in [3.8, 4) is 11.4 Å². The summed E-state index contributed by atoms with van der Waals surface area (Å²) in [6.45, 7) is 0. The van der Waals surface area contributed by atoms with Crippen LogP contribution >= 0.6 is 0 Å². The van der Waals surface area contributed by atoms with Gasteiger partial charge in [0.25, 0.3) is 0 Å². The maximum absolute atomic E-state index is 12.7. The summed E-state index contributed by atoms with van der Waals surface area (Å²) in [6, 6.07) is 5.42. The van der Waals surface area contributed by atoms with Crippen LogP contribution < -0.4 is 0 Å². The topological polar surface area (TPSA) is 17.8 Å². The van der Waals surface area contributed by atoms with Gasteiger partial charge in [0, 0.05) is 25.0 Å². The second-order valence-corrected chi connectivity index (χ2v) is 3.41. The molecule has 0 aliphatic carbocycles. The van der Waals surface area contributed by atoms with Crippen LogP contribution in [-0.2, 0) is 13.2 Å². The number of aryl methyl sites for hydroxylation is 1. The lowest BCUT2D eigenvalue weighted by molar-refractivity contribution is -0.137. The first kappa shape index (κ1) is 10.7. The molecule has 1 heterocycles. The van der Waals surface area contributed by atoms with E-state index in [1.54, 1.807) is 23.9 Å². The van der Waals surface area contributed by atoms with Crippen molar-refractivity contribution in [2.75, 3.05) is 0 Å². The Morgan fingerprint density at radius 1 is 1.19 bits per heavy atom. The Labute approximate surface area is 90.4 Å². The monoisotopic (exact) mass is 226 g/mol. The standard InChI is InChI=1S/C11H9F3N2/c1-16-7-6-15-10(16)8-4-2-3-5-9(8)11(12,13)14/h2-7H,1H3. The summed E-state index contributed by atoms with van der Waals surface area (Å²) >= 11 is 0. The molecular formula is C11H9F3N2. The summed E-state index contributed by atoms with van der Waals surface area (Å²) < 4.78 is 39.8. The van der Waals surface area contributed by atoms with Gasteiger partial charge in [0.05, 0.1) is 5.56 Å². The van der Waals surface area contributed by atoms with Gasteiger partial charge in [-0.05, 0) is 6.07 Å². The molecule has 16 heavy (non-hydrogen) atoms. The average molecular weight is 226 g/mol. The molecule has 0 saturated heterocycles. The zero-order valence-electron chi connectivity index (χ0n) is 8.49. The van der Waals surface area contributed by atoms with Crippen LogP contribution in [0.3, 0.4) is 0 Å². The molecule has 0 radical (unpaired) electrons. The summed E-state index contributed by atoms with van der Waals surface area (Å²) in [5.74, 6) is 0.313. The van der Waals surface area contributed by atoms with E-state index < -0.39 is 11.7 Å². The Hall–Kier alpha value is -1.78. The maximum atomic E-state index is 12.7. The number of hydrogen-bond acceptors (Lipinski definition) is 1. The Balaban J connectivity index is 2.62. The minimum absolute atomic E-state index is 0.0995. The highest BCUT2D eigenvalue weighted by Gasteiger charge is 2.34. The molecule has 84 valence electrons. The van der Waals surface area contributed by atoms with Gasteiger partial charge in [0.2, 0.25) is 0 Å². The summed E-state index contributed by atoms with van der Waals surface area (Å²) in [5, 5.41) is 0. The van der Waals surface area contributed by atoms with E-state index in [4.69, 9.17) is 0 Å². The van der Waals surface area contributed by atoms with Crippen LogP contribution in [0, 0.1) is 0 Å². The molecule has 0 saturated carbocycles. The molecule has 2 nitrogen and oxygen atoms in total. The number of alkyl halides is 3. The van der Waals surface area contributed by atoms with Crippen LogP contribution in [0.15, 0.2) is 36.7 Å². The summed E-state index contributed by atoms with van der Waals surface area (Å²) in [7, 11) is 1.66. The van der Waals surface area contributed by atoms with Crippen LogP contribution in [0.4, 0.5) is 13.2 Å². The molecule has 1 aromatic heterocycles. The second-order valence-electron chi connectivity index (χ2n) is 3.41. The number of aromatic nitrogens is 2. The molecule has 0 bridgehead atoms. The van der Waals surface area contributed by atoms with Crippen molar-refractivity contribution in [2.45, 2.75) is 6.18 Å². The van der Waals surface area contributed by atoms with Gasteiger partial charge in [-0.3, -0.25) is 0 Å². The molecule has 1 aromatic carbocycles. The van der Waals surface area contributed by atoms with E-state index >= 15 is 0 Å².